The van der Waals surface area contributed by atoms with E-state index in [0.717, 1.165) is 11.8 Å². The summed E-state index contributed by atoms with van der Waals surface area (Å²) in [7, 11) is 0. The van der Waals surface area contributed by atoms with Gasteiger partial charge >= 0.3 is 0 Å². The fraction of sp³-hybridized carbons (Fsp3) is 0.311. The van der Waals surface area contributed by atoms with E-state index in [1.54, 1.807) is 0 Å². The van der Waals surface area contributed by atoms with E-state index in [0.29, 0.717) is 17.8 Å². The highest BCUT2D eigenvalue weighted by Gasteiger charge is 2.58. The molecule has 4 bridgehead atoms. The number of hydrogen-bond donors (Lipinski definition) is 0. The van der Waals surface area contributed by atoms with Crippen molar-refractivity contribution in [2.24, 2.45) is 23.7 Å². The molecule has 5 saturated carbocycles. The lowest BCUT2D eigenvalue weighted by Gasteiger charge is -2.62. The van der Waals surface area contributed by atoms with Crippen molar-refractivity contribution < 1.29 is 0 Å². The van der Waals surface area contributed by atoms with E-state index in [1.165, 1.54) is 137 Å². The number of para-hydroxylation sites is 2. The van der Waals surface area contributed by atoms with Crippen LogP contribution in [0.1, 0.15) is 112 Å². The van der Waals surface area contributed by atoms with Gasteiger partial charge in [-0.15, -0.1) is 0 Å². The third kappa shape index (κ3) is 6.42. The van der Waals surface area contributed by atoms with Crippen LogP contribution in [0, 0.1) is 23.7 Å². The van der Waals surface area contributed by atoms with Crippen LogP contribution in [0.3, 0.4) is 0 Å². The van der Waals surface area contributed by atoms with Crippen molar-refractivity contribution in [2.45, 2.75) is 94.8 Å². The molecule has 0 unspecified atom stereocenters. The highest BCUT2D eigenvalue weighted by molar-refractivity contribution is 5.86. The van der Waals surface area contributed by atoms with Crippen LogP contribution < -0.4 is 9.80 Å². The van der Waals surface area contributed by atoms with Crippen molar-refractivity contribution in [3.8, 4) is 11.1 Å². The van der Waals surface area contributed by atoms with Crippen molar-refractivity contribution in [1.29, 1.82) is 0 Å². The zero-order valence-corrected chi connectivity index (χ0v) is 37.1. The molecule has 0 aromatic heterocycles. The lowest BCUT2D eigenvalue weighted by atomic mass is 9.42. The number of rotatable bonds is 9. The molecule has 63 heavy (non-hydrogen) atoms. The van der Waals surface area contributed by atoms with Gasteiger partial charge in [-0.1, -0.05) is 136 Å². The molecular weight excluding hydrogens is 761 g/mol. The molecule has 5 fully saturated rings. The molecule has 13 rings (SSSR count). The van der Waals surface area contributed by atoms with Gasteiger partial charge < -0.3 is 9.80 Å². The molecule has 6 aliphatic rings. The average Bonchev–Trinajstić information content (AvgIpc) is 3.56. The zero-order chi connectivity index (χ0) is 42.1. The normalized spacial score (nSPS) is 24.2. The van der Waals surface area contributed by atoms with Crippen molar-refractivity contribution in [1.82, 2.24) is 0 Å². The van der Waals surface area contributed by atoms with E-state index in [9.17, 15) is 0 Å². The van der Waals surface area contributed by atoms with E-state index in [2.05, 4.69) is 200 Å². The molecule has 0 amide bonds. The molecule has 0 spiro atoms. The van der Waals surface area contributed by atoms with Gasteiger partial charge in [-0.05, 0) is 186 Å². The van der Waals surface area contributed by atoms with E-state index in [-0.39, 0.29) is 10.8 Å². The number of fused-ring (bicyclic) bond motifs is 3. The largest absolute Gasteiger partial charge is 0.311 e. The van der Waals surface area contributed by atoms with Crippen LogP contribution in [0.25, 0.3) is 11.1 Å². The van der Waals surface area contributed by atoms with E-state index in [1.807, 2.05) is 0 Å². The van der Waals surface area contributed by atoms with Gasteiger partial charge in [-0.3, -0.25) is 0 Å². The molecule has 2 nitrogen and oxygen atoms in total. The van der Waals surface area contributed by atoms with Crippen molar-refractivity contribution >= 4 is 34.1 Å². The Morgan fingerprint density at radius 3 is 1.40 bits per heavy atom. The quantitative estimate of drug-likeness (QED) is 0.143. The minimum Gasteiger partial charge on any atom is -0.311 e. The van der Waals surface area contributed by atoms with Gasteiger partial charge in [-0.2, -0.15) is 0 Å². The standard InChI is InChI=1S/C61H60N2/c1-60(2)58-21-13-12-20-56(58)57-41-55(34-35-59(57)60)63(51-18-10-5-11-19-51)54-32-26-47(27-33-54)61(48-37-42-36-43(39-48)40-49(61)38-42)46-24-30-53(31-25-46)62(50-16-8-4-9-17-50)52-28-22-45(23-29-52)44-14-6-3-7-15-44/h4-5,8-13,16-35,41-44,48-49H,3,6-7,14-15,36-40H2,1-2H3. The summed E-state index contributed by atoms with van der Waals surface area (Å²) in [6.45, 7) is 4.74. The second-order valence-corrected chi connectivity index (χ2v) is 20.4. The van der Waals surface area contributed by atoms with Crippen LogP contribution in [0.4, 0.5) is 34.1 Å². The molecule has 0 saturated heterocycles. The van der Waals surface area contributed by atoms with E-state index in [4.69, 9.17) is 0 Å². The first-order valence-corrected chi connectivity index (χ1v) is 24.2. The average molecular weight is 821 g/mol. The van der Waals surface area contributed by atoms with E-state index < -0.39 is 0 Å². The van der Waals surface area contributed by atoms with Gasteiger partial charge in [0.25, 0.3) is 0 Å². The number of anilines is 6. The molecule has 0 radical (unpaired) electrons. The Morgan fingerprint density at radius 1 is 0.397 bits per heavy atom. The van der Waals surface area contributed by atoms with Crippen LogP contribution in [-0.4, -0.2) is 0 Å². The van der Waals surface area contributed by atoms with Crippen LogP contribution in [0.15, 0.2) is 176 Å². The molecule has 0 N–H and O–H groups in total. The van der Waals surface area contributed by atoms with Crippen molar-refractivity contribution in [3.05, 3.63) is 204 Å². The monoisotopic (exact) mass is 820 g/mol. The summed E-state index contributed by atoms with van der Waals surface area (Å²) < 4.78 is 0. The SMILES string of the molecule is CC1(C)c2ccccc2-c2cc(N(c3ccccc3)c3ccc(C4(c5ccc(N(c6ccccc6)c6ccc(C7CCCCC7)cc6)cc5)C5CC6CC(C5)CC4C6)cc3)ccc21. The Hall–Kier alpha value is -5.86. The Bertz CT molecular complexity index is 2700. The summed E-state index contributed by atoms with van der Waals surface area (Å²) in [6.07, 6.45) is 13.6. The second kappa shape index (κ2) is 15.4. The highest BCUT2D eigenvalue weighted by atomic mass is 15.1. The Balaban J connectivity index is 0.928. The minimum absolute atomic E-state index is 0.00411. The maximum absolute atomic E-state index is 2.53. The Morgan fingerprint density at radius 2 is 0.841 bits per heavy atom. The minimum atomic E-state index is -0.0194. The van der Waals surface area contributed by atoms with Gasteiger partial charge in [0.1, 0.15) is 0 Å². The van der Waals surface area contributed by atoms with Gasteiger partial charge in [0.05, 0.1) is 0 Å². The highest BCUT2D eigenvalue weighted by Crippen LogP contribution is 2.65. The molecule has 2 heteroatoms. The first-order chi connectivity index (χ1) is 30.9. The topological polar surface area (TPSA) is 6.48 Å². The van der Waals surface area contributed by atoms with Crippen LogP contribution in [0.5, 0.6) is 0 Å². The van der Waals surface area contributed by atoms with Crippen LogP contribution >= 0.6 is 0 Å². The predicted octanol–water partition coefficient (Wildman–Crippen LogP) is 16.7. The molecule has 7 aromatic rings. The fourth-order valence-corrected chi connectivity index (χ4v) is 14.0. The third-order valence-corrected chi connectivity index (χ3v) is 16.7. The number of hydrogen-bond acceptors (Lipinski definition) is 2. The molecule has 7 aromatic carbocycles. The lowest BCUT2D eigenvalue weighted by Crippen LogP contribution is -2.56. The van der Waals surface area contributed by atoms with Crippen molar-refractivity contribution in [3.63, 3.8) is 0 Å². The summed E-state index contributed by atoms with van der Waals surface area (Å²) in [4.78, 5) is 4.93. The zero-order valence-electron chi connectivity index (χ0n) is 37.1. The van der Waals surface area contributed by atoms with Gasteiger partial charge in [-0.25, -0.2) is 0 Å². The molecule has 0 heterocycles. The molecule has 314 valence electrons. The second-order valence-electron chi connectivity index (χ2n) is 20.4. The van der Waals surface area contributed by atoms with Crippen molar-refractivity contribution in [2.75, 3.05) is 9.80 Å². The first-order valence-electron chi connectivity index (χ1n) is 24.2. The lowest BCUT2D eigenvalue weighted by molar-refractivity contribution is -0.0418. The summed E-state index contributed by atoms with van der Waals surface area (Å²) in [5, 5.41) is 0. The Kier molecular flexibility index (Phi) is 9.51. The first kappa shape index (κ1) is 38.8. The maximum atomic E-state index is 2.53. The third-order valence-electron chi connectivity index (χ3n) is 16.7. The van der Waals surface area contributed by atoms with Crippen LogP contribution in [-0.2, 0) is 10.8 Å². The summed E-state index contributed by atoms with van der Waals surface area (Å²) in [5.41, 5.74) is 17.3. The van der Waals surface area contributed by atoms with Crippen LogP contribution in [0.2, 0.25) is 0 Å². The molecule has 0 aliphatic heterocycles. The molecule has 6 aliphatic carbocycles. The summed E-state index contributed by atoms with van der Waals surface area (Å²) >= 11 is 0. The fourth-order valence-electron chi connectivity index (χ4n) is 14.0. The van der Waals surface area contributed by atoms with E-state index >= 15 is 0 Å². The number of benzene rings is 7. The van der Waals surface area contributed by atoms with Gasteiger partial charge in [0.2, 0.25) is 0 Å². The van der Waals surface area contributed by atoms with Gasteiger partial charge in [0.15, 0.2) is 0 Å². The number of nitrogens with zero attached hydrogens (tertiary/aromatic N) is 2. The summed E-state index contributed by atoms with van der Waals surface area (Å²) in [6, 6.07) is 67.5. The smallest absolute Gasteiger partial charge is 0.0468 e. The summed E-state index contributed by atoms with van der Waals surface area (Å²) in [5.74, 6) is 3.79. The maximum Gasteiger partial charge on any atom is 0.0468 e. The molecular formula is C61H60N2. The Labute approximate surface area is 375 Å². The van der Waals surface area contributed by atoms with Gasteiger partial charge in [0, 0.05) is 45.0 Å². The molecule has 0 atom stereocenters. The predicted molar refractivity (Wildman–Crippen MR) is 263 cm³/mol.